The SMILES string of the molecule is CCCCN(C)C(=O)CC1CSc2nc3c(cnn3-c3ccc(C)c(C)c3)c(=O)n21. The highest BCUT2D eigenvalue weighted by atomic mass is 32.2. The highest BCUT2D eigenvalue weighted by Gasteiger charge is 2.30. The highest BCUT2D eigenvalue weighted by molar-refractivity contribution is 7.99. The lowest BCUT2D eigenvalue weighted by Gasteiger charge is -2.20. The molecule has 0 saturated heterocycles. The summed E-state index contributed by atoms with van der Waals surface area (Å²) in [6.45, 7) is 6.98. The average Bonchev–Trinajstić information content (AvgIpc) is 3.33. The van der Waals surface area contributed by atoms with E-state index in [9.17, 15) is 9.59 Å². The Morgan fingerprint density at radius 3 is 2.83 bits per heavy atom. The van der Waals surface area contributed by atoms with E-state index in [2.05, 4.69) is 31.9 Å². The maximum Gasteiger partial charge on any atom is 0.265 e. The Morgan fingerprint density at radius 2 is 2.10 bits per heavy atom. The molecule has 7 nitrogen and oxygen atoms in total. The van der Waals surface area contributed by atoms with Crippen molar-refractivity contribution in [3.05, 3.63) is 45.9 Å². The lowest BCUT2D eigenvalue weighted by Crippen LogP contribution is -2.32. The zero-order valence-electron chi connectivity index (χ0n) is 17.9. The summed E-state index contributed by atoms with van der Waals surface area (Å²) >= 11 is 1.53. The van der Waals surface area contributed by atoms with Gasteiger partial charge in [-0.25, -0.2) is 9.67 Å². The minimum atomic E-state index is -0.170. The molecule has 1 aliphatic heterocycles. The number of amides is 1. The number of rotatable bonds is 6. The first-order valence-electron chi connectivity index (χ1n) is 10.4. The van der Waals surface area contributed by atoms with Crippen LogP contribution < -0.4 is 5.56 Å². The topological polar surface area (TPSA) is 73.0 Å². The molecule has 0 saturated carbocycles. The first kappa shape index (κ1) is 20.7. The molecule has 8 heteroatoms. The maximum atomic E-state index is 13.3. The molecule has 1 atom stereocenters. The third kappa shape index (κ3) is 3.64. The molecule has 1 amide bonds. The number of hydrogen-bond acceptors (Lipinski definition) is 5. The summed E-state index contributed by atoms with van der Waals surface area (Å²) in [6.07, 6.45) is 3.94. The molecule has 30 heavy (non-hydrogen) atoms. The summed E-state index contributed by atoms with van der Waals surface area (Å²) in [6, 6.07) is 5.91. The van der Waals surface area contributed by atoms with Crippen LogP contribution in [0.5, 0.6) is 0 Å². The summed E-state index contributed by atoms with van der Waals surface area (Å²) in [5, 5.41) is 5.58. The van der Waals surface area contributed by atoms with Crippen molar-refractivity contribution in [1.29, 1.82) is 0 Å². The van der Waals surface area contributed by atoms with E-state index in [0.717, 1.165) is 30.6 Å². The molecule has 0 N–H and O–H groups in total. The molecule has 4 rings (SSSR count). The number of nitrogens with zero attached hydrogens (tertiary/aromatic N) is 5. The largest absolute Gasteiger partial charge is 0.346 e. The van der Waals surface area contributed by atoms with Gasteiger partial charge in [0.1, 0.15) is 5.39 Å². The first-order valence-corrected chi connectivity index (χ1v) is 11.3. The Balaban J connectivity index is 1.67. The molecule has 3 aromatic rings. The second-order valence-corrected chi connectivity index (χ2v) is 8.96. The van der Waals surface area contributed by atoms with E-state index in [1.165, 1.54) is 17.3 Å². The average molecular weight is 426 g/mol. The molecule has 1 aromatic carbocycles. The molecule has 0 radical (unpaired) electrons. The van der Waals surface area contributed by atoms with Gasteiger partial charge in [-0.15, -0.1) is 0 Å². The van der Waals surface area contributed by atoms with Gasteiger partial charge in [-0.05, 0) is 43.5 Å². The number of fused-ring (bicyclic) bond motifs is 2. The third-order valence-corrected chi connectivity index (χ3v) is 6.89. The number of aromatic nitrogens is 4. The highest BCUT2D eigenvalue weighted by Crippen LogP contribution is 2.33. The van der Waals surface area contributed by atoms with Gasteiger partial charge in [0.05, 0.1) is 17.9 Å². The van der Waals surface area contributed by atoms with E-state index >= 15 is 0 Å². The van der Waals surface area contributed by atoms with E-state index in [4.69, 9.17) is 4.98 Å². The number of aryl methyl sites for hydroxylation is 2. The Hall–Kier alpha value is -2.61. The first-order chi connectivity index (χ1) is 14.4. The van der Waals surface area contributed by atoms with E-state index in [0.29, 0.717) is 28.4 Å². The van der Waals surface area contributed by atoms with Crippen molar-refractivity contribution < 1.29 is 4.79 Å². The van der Waals surface area contributed by atoms with Gasteiger partial charge in [0.25, 0.3) is 5.56 Å². The minimum absolute atomic E-state index is 0.0692. The molecule has 3 heterocycles. The van der Waals surface area contributed by atoms with Crippen LogP contribution in [0.4, 0.5) is 0 Å². The second-order valence-electron chi connectivity index (χ2n) is 7.97. The Bertz CT molecular complexity index is 1170. The van der Waals surface area contributed by atoms with Crippen LogP contribution in [0.25, 0.3) is 16.7 Å². The molecule has 2 aromatic heterocycles. The number of thioether (sulfide) groups is 1. The number of benzene rings is 1. The van der Waals surface area contributed by atoms with Crippen molar-refractivity contribution in [3.63, 3.8) is 0 Å². The molecule has 0 aliphatic carbocycles. The van der Waals surface area contributed by atoms with Crippen LogP contribution in [0.3, 0.4) is 0 Å². The summed E-state index contributed by atoms with van der Waals surface area (Å²) in [5.41, 5.74) is 3.70. The Labute approximate surface area is 180 Å². The van der Waals surface area contributed by atoms with Crippen molar-refractivity contribution in [1.82, 2.24) is 24.2 Å². The molecular formula is C22H27N5O2S. The number of hydrogen-bond donors (Lipinski definition) is 0. The predicted molar refractivity (Wildman–Crippen MR) is 120 cm³/mol. The van der Waals surface area contributed by atoms with Gasteiger partial charge in [-0.3, -0.25) is 14.2 Å². The van der Waals surface area contributed by atoms with Crippen molar-refractivity contribution in [3.8, 4) is 5.69 Å². The van der Waals surface area contributed by atoms with Gasteiger partial charge in [-0.1, -0.05) is 31.2 Å². The van der Waals surface area contributed by atoms with Crippen LogP contribution in [-0.4, -0.2) is 49.5 Å². The zero-order chi connectivity index (χ0) is 21.4. The zero-order valence-corrected chi connectivity index (χ0v) is 18.7. The van der Waals surface area contributed by atoms with Crippen LogP contribution in [0.2, 0.25) is 0 Å². The molecule has 0 fully saturated rings. The van der Waals surface area contributed by atoms with Gasteiger partial charge in [0.15, 0.2) is 10.8 Å². The molecule has 0 spiro atoms. The van der Waals surface area contributed by atoms with E-state index in [1.54, 1.807) is 20.3 Å². The molecule has 1 aliphatic rings. The number of carbonyl (C=O) groups excluding carboxylic acids is 1. The van der Waals surface area contributed by atoms with Crippen molar-refractivity contribution >= 4 is 28.7 Å². The lowest BCUT2D eigenvalue weighted by atomic mass is 10.1. The summed E-state index contributed by atoms with van der Waals surface area (Å²) in [4.78, 5) is 32.4. The quantitative estimate of drug-likeness (QED) is 0.565. The van der Waals surface area contributed by atoms with Gasteiger partial charge in [-0.2, -0.15) is 5.10 Å². The van der Waals surface area contributed by atoms with E-state index < -0.39 is 0 Å². The number of unbranched alkanes of at least 4 members (excludes halogenated alkanes) is 1. The van der Waals surface area contributed by atoms with Crippen molar-refractivity contribution in [2.45, 2.75) is 51.2 Å². The maximum absolute atomic E-state index is 13.3. The van der Waals surface area contributed by atoms with Crippen molar-refractivity contribution in [2.75, 3.05) is 19.3 Å². The second kappa shape index (κ2) is 8.26. The fourth-order valence-corrected chi connectivity index (χ4v) is 4.83. The number of carbonyl (C=O) groups is 1. The predicted octanol–water partition coefficient (Wildman–Crippen LogP) is 3.49. The summed E-state index contributed by atoms with van der Waals surface area (Å²) < 4.78 is 3.41. The van der Waals surface area contributed by atoms with Crippen LogP contribution in [0.15, 0.2) is 34.3 Å². The Morgan fingerprint density at radius 1 is 1.30 bits per heavy atom. The standard InChI is InChI=1S/C22H27N5O2S/c1-5-6-9-25(4)19(28)11-17-13-30-22-24-20-18(21(29)26(17)22)12-23-27(20)16-8-7-14(2)15(3)10-16/h7-8,10,12,17H,5-6,9,11,13H2,1-4H3. The smallest absolute Gasteiger partial charge is 0.265 e. The van der Waals surface area contributed by atoms with E-state index in [1.807, 2.05) is 19.2 Å². The van der Waals surface area contributed by atoms with E-state index in [-0.39, 0.29) is 17.5 Å². The van der Waals surface area contributed by atoms with Crippen molar-refractivity contribution in [2.24, 2.45) is 0 Å². The fraction of sp³-hybridized carbons (Fsp3) is 0.455. The monoisotopic (exact) mass is 425 g/mol. The molecular weight excluding hydrogens is 398 g/mol. The normalized spacial score (nSPS) is 15.5. The molecule has 0 bridgehead atoms. The van der Waals surface area contributed by atoms with Gasteiger partial charge < -0.3 is 4.90 Å². The third-order valence-electron chi connectivity index (χ3n) is 5.79. The summed E-state index contributed by atoms with van der Waals surface area (Å²) in [5.74, 6) is 0.749. The van der Waals surface area contributed by atoms with Gasteiger partial charge >= 0.3 is 0 Å². The van der Waals surface area contributed by atoms with Gasteiger partial charge in [0.2, 0.25) is 5.91 Å². The molecule has 1 unspecified atom stereocenters. The van der Waals surface area contributed by atoms with Crippen LogP contribution >= 0.6 is 11.8 Å². The summed E-state index contributed by atoms with van der Waals surface area (Å²) in [7, 11) is 1.83. The van der Waals surface area contributed by atoms with Crippen LogP contribution in [0, 0.1) is 13.8 Å². The fourth-order valence-electron chi connectivity index (χ4n) is 3.70. The Kier molecular flexibility index (Phi) is 5.69. The van der Waals surface area contributed by atoms with Crippen LogP contribution in [0.1, 0.15) is 43.4 Å². The molecule has 158 valence electrons. The minimum Gasteiger partial charge on any atom is -0.346 e. The lowest BCUT2D eigenvalue weighted by molar-refractivity contribution is -0.130. The van der Waals surface area contributed by atoms with Gasteiger partial charge in [0, 0.05) is 25.8 Å². The van der Waals surface area contributed by atoms with Crippen LogP contribution in [-0.2, 0) is 4.79 Å².